The molecule has 0 bridgehead atoms. The lowest BCUT2D eigenvalue weighted by Gasteiger charge is -2.12. The molecule has 0 saturated carbocycles. The molecule has 174 valence electrons. The van der Waals surface area contributed by atoms with Gasteiger partial charge in [-0.1, -0.05) is 24.3 Å². The Bertz CT molecular complexity index is 1500. The fourth-order valence-corrected chi connectivity index (χ4v) is 4.06. The Morgan fingerprint density at radius 1 is 1.09 bits per heavy atom. The van der Waals surface area contributed by atoms with Gasteiger partial charge in [0.15, 0.2) is 17.3 Å². The lowest BCUT2D eigenvalue weighted by Crippen LogP contribution is -2.20. The third-order valence-electron chi connectivity index (χ3n) is 4.91. The molecule has 0 fully saturated rings. The molecule has 0 aliphatic heterocycles. The molecule has 11 heteroatoms. The van der Waals surface area contributed by atoms with E-state index in [1.54, 1.807) is 24.3 Å². The first-order valence-electron chi connectivity index (χ1n) is 9.60. The molecule has 1 N–H and O–H groups in total. The van der Waals surface area contributed by atoms with E-state index < -0.39 is 17.3 Å². The molecule has 34 heavy (non-hydrogen) atoms. The van der Waals surface area contributed by atoms with Crippen LogP contribution in [0, 0.1) is 0 Å². The minimum atomic E-state index is -4.57. The number of fused-ring (bicyclic) bond motifs is 1. The predicted molar refractivity (Wildman–Crippen MR) is 129 cm³/mol. The number of halogens is 5. The highest BCUT2D eigenvalue weighted by Crippen LogP contribution is 2.41. The van der Waals surface area contributed by atoms with Crippen molar-refractivity contribution >= 4 is 49.0 Å². The van der Waals surface area contributed by atoms with Crippen LogP contribution in [0.15, 0.2) is 73.4 Å². The number of phenolic OH excluding ortho intramolecular Hbond substituents is 1. The van der Waals surface area contributed by atoms with Crippen LogP contribution in [-0.2, 0) is 6.18 Å². The van der Waals surface area contributed by atoms with Crippen molar-refractivity contribution in [3.8, 4) is 22.9 Å². The molecular formula is C23H14Br2F3N3O3. The molecule has 0 saturated heterocycles. The normalized spacial score (nSPS) is 11.9. The van der Waals surface area contributed by atoms with Crippen LogP contribution in [-0.4, -0.2) is 28.1 Å². The summed E-state index contributed by atoms with van der Waals surface area (Å²) < 4.78 is 46.7. The molecule has 3 aromatic carbocycles. The summed E-state index contributed by atoms with van der Waals surface area (Å²) in [5.74, 6) is -0.0497. The quantitative estimate of drug-likeness (QED) is 0.284. The van der Waals surface area contributed by atoms with Crippen LogP contribution in [0.3, 0.4) is 0 Å². The number of aromatic hydroxyl groups is 1. The zero-order valence-electron chi connectivity index (χ0n) is 17.3. The van der Waals surface area contributed by atoms with E-state index in [-0.39, 0.29) is 28.3 Å². The number of aromatic nitrogens is 2. The lowest BCUT2D eigenvalue weighted by atomic mass is 10.1. The number of methoxy groups -OCH3 is 1. The van der Waals surface area contributed by atoms with Crippen molar-refractivity contribution < 1.29 is 23.0 Å². The van der Waals surface area contributed by atoms with Crippen LogP contribution in [0.4, 0.5) is 13.2 Å². The number of hydrogen-bond donors (Lipinski definition) is 1. The molecule has 4 aromatic rings. The van der Waals surface area contributed by atoms with E-state index in [0.717, 1.165) is 16.8 Å². The fourth-order valence-electron chi connectivity index (χ4n) is 3.23. The fraction of sp³-hybridized carbons (Fsp3) is 0.0870. The molecule has 0 aliphatic carbocycles. The van der Waals surface area contributed by atoms with E-state index in [0.29, 0.717) is 20.0 Å². The molecule has 0 unspecified atom stereocenters. The molecule has 1 aromatic heterocycles. The Kier molecular flexibility index (Phi) is 6.50. The molecule has 4 rings (SSSR count). The van der Waals surface area contributed by atoms with Crippen molar-refractivity contribution in [3.63, 3.8) is 0 Å². The number of phenols is 1. The second-order valence-electron chi connectivity index (χ2n) is 7.04. The van der Waals surface area contributed by atoms with Crippen molar-refractivity contribution in [3.05, 3.63) is 85.0 Å². The number of rotatable bonds is 4. The van der Waals surface area contributed by atoms with Gasteiger partial charge in [-0.25, -0.2) is 4.98 Å². The van der Waals surface area contributed by atoms with Crippen LogP contribution in [0.5, 0.6) is 11.5 Å². The minimum Gasteiger partial charge on any atom is -0.503 e. The van der Waals surface area contributed by atoms with E-state index in [1.165, 1.54) is 31.5 Å². The van der Waals surface area contributed by atoms with Gasteiger partial charge in [-0.3, -0.25) is 4.79 Å². The number of ether oxygens (including phenoxy) is 1. The first kappa shape index (κ1) is 24.0. The Labute approximate surface area is 207 Å². The van der Waals surface area contributed by atoms with Crippen LogP contribution < -0.4 is 10.3 Å². The Hall–Kier alpha value is -3.18. The Morgan fingerprint density at radius 2 is 1.82 bits per heavy atom. The summed E-state index contributed by atoms with van der Waals surface area (Å²) in [5.41, 5.74) is -0.621. The maximum absolute atomic E-state index is 13.3. The zero-order chi connectivity index (χ0) is 24.6. The predicted octanol–water partition coefficient (Wildman–Crippen LogP) is 6.20. The van der Waals surface area contributed by atoms with Crippen molar-refractivity contribution in [2.24, 2.45) is 5.10 Å². The van der Waals surface area contributed by atoms with Gasteiger partial charge in [-0.15, -0.1) is 0 Å². The monoisotopic (exact) mass is 595 g/mol. The highest BCUT2D eigenvalue weighted by Gasteiger charge is 2.31. The summed E-state index contributed by atoms with van der Waals surface area (Å²) in [6.45, 7) is 0. The average Bonchev–Trinajstić information content (AvgIpc) is 2.82. The summed E-state index contributed by atoms with van der Waals surface area (Å²) >= 11 is 6.59. The maximum Gasteiger partial charge on any atom is 0.416 e. The van der Waals surface area contributed by atoms with E-state index in [4.69, 9.17) is 4.74 Å². The largest absolute Gasteiger partial charge is 0.503 e. The first-order valence-corrected chi connectivity index (χ1v) is 11.2. The van der Waals surface area contributed by atoms with Crippen LogP contribution in [0.2, 0.25) is 0 Å². The second kappa shape index (κ2) is 9.22. The molecule has 1 heterocycles. The summed E-state index contributed by atoms with van der Waals surface area (Å²) in [6, 6.07) is 12.5. The van der Waals surface area contributed by atoms with Crippen molar-refractivity contribution in [1.29, 1.82) is 0 Å². The molecule has 0 radical (unpaired) electrons. The highest BCUT2D eigenvalue weighted by molar-refractivity contribution is 9.13. The second-order valence-corrected chi connectivity index (χ2v) is 8.62. The summed E-state index contributed by atoms with van der Waals surface area (Å²) in [7, 11) is 1.37. The van der Waals surface area contributed by atoms with Gasteiger partial charge in [0.25, 0.3) is 5.56 Å². The first-order chi connectivity index (χ1) is 16.1. The van der Waals surface area contributed by atoms with Gasteiger partial charge in [-0.2, -0.15) is 22.9 Å². The molecule has 0 atom stereocenters. The van der Waals surface area contributed by atoms with Gasteiger partial charge in [0, 0.05) is 15.6 Å². The van der Waals surface area contributed by atoms with E-state index >= 15 is 0 Å². The van der Waals surface area contributed by atoms with Crippen molar-refractivity contribution in [2.75, 3.05) is 7.11 Å². The molecular weight excluding hydrogens is 583 g/mol. The van der Waals surface area contributed by atoms with Crippen molar-refractivity contribution in [1.82, 2.24) is 9.66 Å². The highest BCUT2D eigenvalue weighted by atomic mass is 79.9. The summed E-state index contributed by atoms with van der Waals surface area (Å²) in [4.78, 5) is 17.7. The number of nitrogens with zero attached hydrogens (tertiary/aromatic N) is 3. The molecule has 0 spiro atoms. The van der Waals surface area contributed by atoms with E-state index in [9.17, 15) is 23.1 Å². The van der Waals surface area contributed by atoms with Crippen LogP contribution >= 0.6 is 31.9 Å². The van der Waals surface area contributed by atoms with E-state index in [1.807, 2.05) is 0 Å². The SMILES string of the molecule is COc1cc(C=Nn2c(-c3cccc(C(F)(F)F)c3)nc3ccccc3c2=O)c(Br)c(Br)c1O. The van der Waals surface area contributed by atoms with Crippen LogP contribution in [0.1, 0.15) is 11.1 Å². The topological polar surface area (TPSA) is 76.7 Å². The Balaban J connectivity index is 1.96. The number of benzene rings is 3. The summed E-state index contributed by atoms with van der Waals surface area (Å²) in [6.07, 6.45) is -3.26. The molecule has 0 amide bonds. The Morgan fingerprint density at radius 3 is 2.53 bits per heavy atom. The van der Waals surface area contributed by atoms with Gasteiger partial charge in [0.05, 0.1) is 34.3 Å². The molecule has 6 nitrogen and oxygen atoms in total. The van der Waals surface area contributed by atoms with Gasteiger partial charge in [-0.05, 0) is 62.2 Å². The standard InChI is InChI=1S/C23H14Br2F3N3O3/c1-34-17-10-13(18(24)19(25)20(17)32)11-29-31-21(12-5-4-6-14(9-12)23(26,27)28)30-16-8-3-2-7-15(16)22(31)33/h2-11,32H,1H3. The minimum absolute atomic E-state index is 0.0630. The van der Waals surface area contributed by atoms with Gasteiger partial charge in [0.2, 0.25) is 0 Å². The number of para-hydroxylation sites is 1. The third-order valence-corrected chi connectivity index (χ3v) is 7.07. The maximum atomic E-state index is 13.3. The van der Waals surface area contributed by atoms with Crippen LogP contribution in [0.25, 0.3) is 22.3 Å². The smallest absolute Gasteiger partial charge is 0.416 e. The number of hydrogen-bond acceptors (Lipinski definition) is 5. The lowest BCUT2D eigenvalue weighted by molar-refractivity contribution is -0.137. The van der Waals surface area contributed by atoms with E-state index in [2.05, 4.69) is 41.9 Å². The average molecular weight is 597 g/mol. The number of alkyl halides is 3. The molecule has 0 aliphatic rings. The van der Waals surface area contributed by atoms with Gasteiger partial charge >= 0.3 is 6.18 Å². The van der Waals surface area contributed by atoms with Gasteiger partial charge < -0.3 is 9.84 Å². The van der Waals surface area contributed by atoms with Gasteiger partial charge in [0.1, 0.15) is 0 Å². The third kappa shape index (κ3) is 4.45. The summed E-state index contributed by atoms with van der Waals surface area (Å²) in [5, 5.41) is 14.6. The van der Waals surface area contributed by atoms with Crippen molar-refractivity contribution in [2.45, 2.75) is 6.18 Å². The zero-order valence-corrected chi connectivity index (χ0v) is 20.4.